The molecule has 0 aliphatic carbocycles. The van der Waals surface area contributed by atoms with Gasteiger partial charge in [-0.1, -0.05) is 0 Å². The molecule has 1 heterocycles. The van der Waals surface area contributed by atoms with Crippen LogP contribution in [-0.4, -0.2) is 36.6 Å². The zero-order valence-corrected chi connectivity index (χ0v) is 9.03. The van der Waals surface area contributed by atoms with Gasteiger partial charge in [0.05, 0.1) is 0 Å². The van der Waals surface area contributed by atoms with Crippen LogP contribution in [0.2, 0.25) is 0 Å². The Morgan fingerprint density at radius 2 is 2.21 bits per heavy atom. The van der Waals surface area contributed by atoms with Crippen LogP contribution in [-0.2, 0) is 6.42 Å². The van der Waals surface area contributed by atoms with E-state index in [-0.39, 0.29) is 0 Å². The highest BCUT2D eigenvalue weighted by Gasteiger charge is 1.98. The van der Waals surface area contributed by atoms with Crippen molar-refractivity contribution in [3.63, 3.8) is 0 Å². The van der Waals surface area contributed by atoms with E-state index in [2.05, 4.69) is 29.1 Å². The summed E-state index contributed by atoms with van der Waals surface area (Å²) in [5.74, 6) is 0. The van der Waals surface area contributed by atoms with Crippen LogP contribution in [0.25, 0.3) is 0 Å². The van der Waals surface area contributed by atoms with Gasteiger partial charge in [0.25, 0.3) is 0 Å². The van der Waals surface area contributed by atoms with Crippen molar-refractivity contribution in [2.24, 2.45) is 5.73 Å². The van der Waals surface area contributed by atoms with Gasteiger partial charge in [-0.25, -0.2) is 0 Å². The Labute approximate surface area is 85.9 Å². The quantitative estimate of drug-likeness (QED) is 0.753. The minimum Gasteiger partial charge on any atom is -0.329 e. The summed E-state index contributed by atoms with van der Waals surface area (Å²) in [5.41, 5.74) is 7.91. The van der Waals surface area contributed by atoms with Gasteiger partial charge in [-0.3, -0.25) is 4.98 Å². The first-order valence-corrected chi connectivity index (χ1v) is 5.02. The predicted octanol–water partition coefficient (Wildman–Crippen LogP) is 0.823. The van der Waals surface area contributed by atoms with E-state index >= 15 is 0 Å². The van der Waals surface area contributed by atoms with Crippen LogP contribution in [0.3, 0.4) is 0 Å². The SMILES string of the molecule is Cc1cc(CCN(C)CCN)ccn1. The maximum absolute atomic E-state index is 5.47. The summed E-state index contributed by atoms with van der Waals surface area (Å²) >= 11 is 0. The lowest BCUT2D eigenvalue weighted by molar-refractivity contribution is 0.348. The van der Waals surface area contributed by atoms with Gasteiger partial charge in [0.1, 0.15) is 0 Å². The number of rotatable bonds is 5. The summed E-state index contributed by atoms with van der Waals surface area (Å²) < 4.78 is 0. The maximum Gasteiger partial charge on any atom is 0.0375 e. The fourth-order valence-corrected chi connectivity index (χ4v) is 1.41. The normalized spacial score (nSPS) is 10.9. The average Bonchev–Trinajstić information content (AvgIpc) is 2.15. The predicted molar refractivity (Wildman–Crippen MR) is 59.2 cm³/mol. The van der Waals surface area contributed by atoms with Crippen molar-refractivity contribution < 1.29 is 0 Å². The van der Waals surface area contributed by atoms with Gasteiger partial charge in [0.15, 0.2) is 0 Å². The standard InChI is InChI=1S/C11H19N3/c1-10-9-11(3-6-13-10)4-7-14(2)8-5-12/h3,6,9H,4-5,7-8,12H2,1-2H3. The first kappa shape index (κ1) is 11.1. The lowest BCUT2D eigenvalue weighted by atomic mass is 10.1. The molecule has 0 saturated carbocycles. The molecule has 1 rings (SSSR count). The van der Waals surface area contributed by atoms with Gasteiger partial charge in [-0.2, -0.15) is 0 Å². The minimum absolute atomic E-state index is 0.728. The molecule has 0 amide bonds. The average molecular weight is 193 g/mol. The third-order valence-electron chi connectivity index (χ3n) is 2.25. The van der Waals surface area contributed by atoms with Crippen LogP contribution in [0.1, 0.15) is 11.3 Å². The topological polar surface area (TPSA) is 42.1 Å². The van der Waals surface area contributed by atoms with Gasteiger partial charge in [-0.05, 0) is 38.1 Å². The first-order chi connectivity index (χ1) is 6.72. The van der Waals surface area contributed by atoms with Gasteiger partial charge >= 0.3 is 0 Å². The number of pyridine rings is 1. The summed E-state index contributed by atoms with van der Waals surface area (Å²) in [7, 11) is 2.10. The molecule has 2 N–H and O–H groups in total. The molecule has 78 valence electrons. The molecule has 0 aliphatic rings. The van der Waals surface area contributed by atoms with Gasteiger partial charge in [0.2, 0.25) is 0 Å². The van der Waals surface area contributed by atoms with Crippen molar-refractivity contribution in [2.75, 3.05) is 26.7 Å². The lowest BCUT2D eigenvalue weighted by Crippen LogP contribution is -2.27. The smallest absolute Gasteiger partial charge is 0.0375 e. The Morgan fingerprint density at radius 1 is 1.43 bits per heavy atom. The summed E-state index contributed by atoms with van der Waals surface area (Å²) in [6.45, 7) is 4.77. The van der Waals surface area contributed by atoms with Crippen molar-refractivity contribution in [2.45, 2.75) is 13.3 Å². The summed E-state index contributed by atoms with van der Waals surface area (Å²) in [4.78, 5) is 6.42. The van der Waals surface area contributed by atoms with Crippen LogP contribution in [0.15, 0.2) is 18.3 Å². The van der Waals surface area contributed by atoms with E-state index in [0.717, 1.165) is 31.7 Å². The van der Waals surface area contributed by atoms with Gasteiger partial charge in [0, 0.05) is 31.5 Å². The molecule has 3 nitrogen and oxygen atoms in total. The van der Waals surface area contributed by atoms with Crippen LogP contribution in [0, 0.1) is 6.92 Å². The van der Waals surface area contributed by atoms with E-state index < -0.39 is 0 Å². The largest absolute Gasteiger partial charge is 0.329 e. The second-order valence-electron chi connectivity index (χ2n) is 3.65. The van der Waals surface area contributed by atoms with Crippen LogP contribution in [0.5, 0.6) is 0 Å². The van der Waals surface area contributed by atoms with E-state index in [9.17, 15) is 0 Å². The molecular weight excluding hydrogens is 174 g/mol. The molecule has 0 fully saturated rings. The van der Waals surface area contributed by atoms with E-state index in [4.69, 9.17) is 5.73 Å². The van der Waals surface area contributed by atoms with E-state index in [0.29, 0.717) is 0 Å². The second-order valence-corrected chi connectivity index (χ2v) is 3.65. The number of hydrogen-bond acceptors (Lipinski definition) is 3. The minimum atomic E-state index is 0.728. The molecule has 0 radical (unpaired) electrons. The molecule has 14 heavy (non-hydrogen) atoms. The molecule has 0 bridgehead atoms. The number of aromatic nitrogens is 1. The first-order valence-electron chi connectivity index (χ1n) is 5.02. The van der Waals surface area contributed by atoms with Crippen molar-refractivity contribution in [3.8, 4) is 0 Å². The van der Waals surface area contributed by atoms with E-state index in [1.807, 2.05) is 13.1 Å². The number of aryl methyl sites for hydroxylation is 1. The Bertz CT molecular complexity index is 273. The number of hydrogen-bond donors (Lipinski definition) is 1. The summed E-state index contributed by atoms with van der Waals surface area (Å²) in [6.07, 6.45) is 2.94. The molecule has 0 aliphatic heterocycles. The highest BCUT2D eigenvalue weighted by molar-refractivity contribution is 5.15. The Kier molecular flexibility index (Phi) is 4.56. The fourth-order valence-electron chi connectivity index (χ4n) is 1.41. The molecule has 0 unspecified atom stereocenters. The highest BCUT2D eigenvalue weighted by atomic mass is 15.1. The number of nitrogens with two attached hydrogens (primary N) is 1. The third kappa shape index (κ3) is 3.85. The molecule has 3 heteroatoms. The molecular formula is C11H19N3. The van der Waals surface area contributed by atoms with Crippen LogP contribution >= 0.6 is 0 Å². The monoisotopic (exact) mass is 193 g/mol. The number of nitrogens with zero attached hydrogens (tertiary/aromatic N) is 2. The van der Waals surface area contributed by atoms with Crippen molar-refractivity contribution >= 4 is 0 Å². The Balaban J connectivity index is 2.37. The van der Waals surface area contributed by atoms with Crippen molar-refractivity contribution in [1.29, 1.82) is 0 Å². The zero-order valence-electron chi connectivity index (χ0n) is 9.03. The van der Waals surface area contributed by atoms with Crippen molar-refractivity contribution in [1.82, 2.24) is 9.88 Å². The summed E-state index contributed by atoms with van der Waals surface area (Å²) in [5, 5.41) is 0. The van der Waals surface area contributed by atoms with E-state index in [1.165, 1.54) is 5.56 Å². The maximum atomic E-state index is 5.47. The third-order valence-corrected chi connectivity index (χ3v) is 2.25. The van der Waals surface area contributed by atoms with Gasteiger partial charge < -0.3 is 10.6 Å². The van der Waals surface area contributed by atoms with Crippen LogP contribution in [0.4, 0.5) is 0 Å². The molecule has 0 aromatic carbocycles. The zero-order chi connectivity index (χ0) is 10.4. The highest BCUT2D eigenvalue weighted by Crippen LogP contribution is 2.02. The summed E-state index contributed by atoms with van der Waals surface area (Å²) in [6, 6.07) is 4.21. The number of likely N-dealkylation sites (N-methyl/N-ethyl adjacent to an activating group) is 1. The fraction of sp³-hybridized carbons (Fsp3) is 0.545. The molecule has 0 spiro atoms. The molecule has 0 saturated heterocycles. The lowest BCUT2D eigenvalue weighted by Gasteiger charge is -2.14. The van der Waals surface area contributed by atoms with Crippen molar-refractivity contribution in [3.05, 3.63) is 29.6 Å². The molecule has 1 aromatic heterocycles. The van der Waals surface area contributed by atoms with E-state index in [1.54, 1.807) is 0 Å². The molecule has 1 aromatic rings. The van der Waals surface area contributed by atoms with Crippen LogP contribution < -0.4 is 5.73 Å². The second kappa shape index (κ2) is 5.73. The Hall–Kier alpha value is -0.930. The van der Waals surface area contributed by atoms with Gasteiger partial charge in [-0.15, -0.1) is 0 Å². The molecule has 0 atom stereocenters. The Morgan fingerprint density at radius 3 is 2.86 bits per heavy atom.